The van der Waals surface area contributed by atoms with Gasteiger partial charge in [0.15, 0.2) is 5.76 Å². The van der Waals surface area contributed by atoms with Crippen molar-refractivity contribution < 1.29 is 18.8 Å². The predicted octanol–water partition coefficient (Wildman–Crippen LogP) is 0.890. The Balaban J connectivity index is 1.94. The minimum atomic E-state index is -0.841. The molecule has 3 N–H and O–H groups in total. The second-order valence-corrected chi connectivity index (χ2v) is 5.33. The van der Waals surface area contributed by atoms with Crippen molar-refractivity contribution in [1.82, 2.24) is 21.2 Å². The molecule has 24 heavy (non-hydrogen) atoms. The minimum Gasteiger partial charge on any atom is -0.459 e. The number of carbonyl (C=O) groups excluding carboxylic acids is 3. The highest BCUT2D eigenvalue weighted by atomic mass is 16.3. The first-order chi connectivity index (χ1) is 11.5. The van der Waals surface area contributed by atoms with E-state index in [0.29, 0.717) is 0 Å². The Labute approximate surface area is 138 Å². The summed E-state index contributed by atoms with van der Waals surface area (Å²) in [5, 5.41) is 2.57. The number of hydrazine groups is 1. The maximum atomic E-state index is 12.2. The molecule has 3 amide bonds. The molecule has 0 spiro atoms. The van der Waals surface area contributed by atoms with Gasteiger partial charge in [-0.15, -0.1) is 0 Å². The molecule has 0 radical (unpaired) electrons. The molecule has 2 aromatic rings. The largest absolute Gasteiger partial charge is 0.459 e. The van der Waals surface area contributed by atoms with Crippen molar-refractivity contribution in [1.29, 1.82) is 0 Å². The van der Waals surface area contributed by atoms with Gasteiger partial charge in [0.1, 0.15) is 11.7 Å². The van der Waals surface area contributed by atoms with Crippen molar-refractivity contribution in [2.24, 2.45) is 5.92 Å². The molecule has 0 aliphatic rings. The van der Waals surface area contributed by atoms with Crippen LogP contribution in [0.15, 0.2) is 47.2 Å². The Morgan fingerprint density at radius 2 is 1.83 bits per heavy atom. The van der Waals surface area contributed by atoms with Gasteiger partial charge in [0.25, 0.3) is 17.7 Å². The molecule has 0 aliphatic carbocycles. The van der Waals surface area contributed by atoms with Crippen LogP contribution >= 0.6 is 0 Å². The lowest BCUT2D eigenvalue weighted by atomic mass is 10.0. The highest BCUT2D eigenvalue weighted by molar-refractivity contribution is 5.97. The van der Waals surface area contributed by atoms with Crippen molar-refractivity contribution in [3.05, 3.63) is 54.2 Å². The molecule has 0 saturated heterocycles. The molecular formula is C16H18N4O4. The van der Waals surface area contributed by atoms with Crippen LogP contribution in [-0.4, -0.2) is 28.7 Å². The Kier molecular flexibility index (Phi) is 5.67. The van der Waals surface area contributed by atoms with Gasteiger partial charge in [0.05, 0.1) is 6.26 Å². The Bertz CT molecular complexity index is 698. The van der Waals surface area contributed by atoms with Crippen molar-refractivity contribution in [3.8, 4) is 0 Å². The fourth-order valence-corrected chi connectivity index (χ4v) is 1.91. The lowest BCUT2D eigenvalue weighted by molar-refractivity contribution is -0.124. The number of amides is 3. The topological polar surface area (TPSA) is 113 Å². The number of rotatable bonds is 5. The molecule has 0 saturated carbocycles. The summed E-state index contributed by atoms with van der Waals surface area (Å²) in [6, 6.07) is 7.07. The molecule has 2 aromatic heterocycles. The number of pyridine rings is 1. The average molecular weight is 330 g/mol. The molecule has 2 heterocycles. The van der Waals surface area contributed by atoms with Gasteiger partial charge in [0, 0.05) is 6.20 Å². The quantitative estimate of drug-likeness (QED) is 0.705. The van der Waals surface area contributed by atoms with E-state index in [1.54, 1.807) is 32.0 Å². The predicted molar refractivity (Wildman–Crippen MR) is 84.6 cm³/mol. The summed E-state index contributed by atoms with van der Waals surface area (Å²) in [5.41, 5.74) is 4.72. The zero-order valence-corrected chi connectivity index (χ0v) is 13.3. The summed E-state index contributed by atoms with van der Waals surface area (Å²) < 4.78 is 4.99. The molecule has 126 valence electrons. The number of carbonyl (C=O) groups is 3. The second-order valence-electron chi connectivity index (χ2n) is 5.33. The van der Waals surface area contributed by atoms with Crippen LogP contribution in [0.2, 0.25) is 0 Å². The van der Waals surface area contributed by atoms with E-state index in [1.165, 1.54) is 24.6 Å². The summed E-state index contributed by atoms with van der Waals surface area (Å²) >= 11 is 0. The summed E-state index contributed by atoms with van der Waals surface area (Å²) in [4.78, 5) is 40.0. The normalized spacial score (nSPS) is 11.6. The van der Waals surface area contributed by atoms with Gasteiger partial charge in [-0.25, -0.2) is 0 Å². The first kappa shape index (κ1) is 17.2. The molecule has 8 nitrogen and oxygen atoms in total. The number of hydrogen-bond donors (Lipinski definition) is 3. The Morgan fingerprint density at radius 1 is 1.04 bits per heavy atom. The van der Waals surface area contributed by atoms with Gasteiger partial charge < -0.3 is 9.73 Å². The van der Waals surface area contributed by atoms with Crippen molar-refractivity contribution in [3.63, 3.8) is 0 Å². The molecule has 0 bridgehead atoms. The van der Waals surface area contributed by atoms with Crippen LogP contribution in [0.1, 0.15) is 34.9 Å². The van der Waals surface area contributed by atoms with Crippen LogP contribution in [0.3, 0.4) is 0 Å². The number of aromatic nitrogens is 1. The standard InChI is InChI=1S/C16H18N4O4/c1-10(2)13(18-15(22)12-7-5-9-24-12)16(23)20-19-14(21)11-6-3-4-8-17-11/h3-10,13H,1-2H3,(H,18,22)(H,19,21)(H,20,23)/t13-/m0/s1. The molecule has 0 unspecified atom stereocenters. The SMILES string of the molecule is CC(C)[C@H](NC(=O)c1ccco1)C(=O)NNC(=O)c1ccccn1. The molecule has 0 fully saturated rings. The van der Waals surface area contributed by atoms with Crippen LogP contribution in [0.5, 0.6) is 0 Å². The third kappa shape index (κ3) is 4.42. The van der Waals surface area contributed by atoms with Crippen molar-refractivity contribution >= 4 is 17.7 Å². The molecule has 0 aromatic carbocycles. The molecule has 0 aliphatic heterocycles. The molecular weight excluding hydrogens is 312 g/mol. The van der Waals surface area contributed by atoms with E-state index in [1.807, 2.05) is 0 Å². The van der Waals surface area contributed by atoms with Crippen LogP contribution in [0.25, 0.3) is 0 Å². The Morgan fingerprint density at radius 3 is 2.42 bits per heavy atom. The van der Waals surface area contributed by atoms with Gasteiger partial charge in [0.2, 0.25) is 0 Å². The number of hydrogen-bond acceptors (Lipinski definition) is 5. The maximum absolute atomic E-state index is 12.2. The third-order valence-corrected chi connectivity index (χ3v) is 3.18. The van der Waals surface area contributed by atoms with Gasteiger partial charge in [-0.2, -0.15) is 0 Å². The summed E-state index contributed by atoms with van der Waals surface area (Å²) in [6.07, 6.45) is 2.84. The van der Waals surface area contributed by atoms with E-state index in [4.69, 9.17) is 4.42 Å². The molecule has 8 heteroatoms. The third-order valence-electron chi connectivity index (χ3n) is 3.18. The van der Waals surface area contributed by atoms with E-state index in [-0.39, 0.29) is 17.4 Å². The average Bonchev–Trinajstić information content (AvgIpc) is 3.12. The van der Waals surface area contributed by atoms with E-state index < -0.39 is 23.8 Å². The van der Waals surface area contributed by atoms with Gasteiger partial charge in [-0.05, 0) is 30.2 Å². The van der Waals surface area contributed by atoms with Gasteiger partial charge in [-0.1, -0.05) is 19.9 Å². The first-order valence-corrected chi connectivity index (χ1v) is 7.34. The van der Waals surface area contributed by atoms with E-state index >= 15 is 0 Å². The summed E-state index contributed by atoms with van der Waals surface area (Å²) in [6.45, 7) is 3.54. The lowest BCUT2D eigenvalue weighted by Crippen LogP contribution is -2.54. The minimum absolute atomic E-state index is 0.103. The second kappa shape index (κ2) is 7.91. The highest BCUT2D eigenvalue weighted by Crippen LogP contribution is 2.05. The van der Waals surface area contributed by atoms with E-state index in [9.17, 15) is 14.4 Å². The smallest absolute Gasteiger partial charge is 0.288 e. The van der Waals surface area contributed by atoms with Gasteiger partial charge in [-0.3, -0.25) is 30.2 Å². The monoisotopic (exact) mass is 330 g/mol. The van der Waals surface area contributed by atoms with E-state index in [2.05, 4.69) is 21.2 Å². The number of nitrogens with zero attached hydrogens (tertiary/aromatic N) is 1. The number of nitrogens with one attached hydrogen (secondary N) is 3. The molecule has 1 atom stereocenters. The zero-order valence-electron chi connectivity index (χ0n) is 13.3. The number of furan rings is 1. The molecule has 2 rings (SSSR count). The Hall–Kier alpha value is -3.16. The fraction of sp³-hybridized carbons (Fsp3) is 0.250. The summed E-state index contributed by atoms with van der Waals surface area (Å²) in [7, 11) is 0. The van der Waals surface area contributed by atoms with Gasteiger partial charge >= 0.3 is 0 Å². The highest BCUT2D eigenvalue weighted by Gasteiger charge is 2.26. The van der Waals surface area contributed by atoms with Crippen molar-refractivity contribution in [2.75, 3.05) is 0 Å². The van der Waals surface area contributed by atoms with Crippen LogP contribution in [0.4, 0.5) is 0 Å². The summed E-state index contributed by atoms with van der Waals surface area (Å²) in [5.74, 6) is -1.70. The van der Waals surface area contributed by atoms with Crippen LogP contribution < -0.4 is 16.2 Å². The fourth-order valence-electron chi connectivity index (χ4n) is 1.91. The zero-order chi connectivity index (χ0) is 17.5. The van der Waals surface area contributed by atoms with Crippen LogP contribution in [-0.2, 0) is 4.79 Å². The lowest BCUT2D eigenvalue weighted by Gasteiger charge is -2.21. The van der Waals surface area contributed by atoms with Crippen molar-refractivity contribution in [2.45, 2.75) is 19.9 Å². The maximum Gasteiger partial charge on any atom is 0.288 e. The van der Waals surface area contributed by atoms with Crippen LogP contribution in [0, 0.1) is 5.92 Å². The first-order valence-electron chi connectivity index (χ1n) is 7.34. The van der Waals surface area contributed by atoms with E-state index in [0.717, 1.165) is 0 Å².